The molecule has 0 atom stereocenters. The third-order valence-corrected chi connectivity index (χ3v) is 4.57. The highest BCUT2D eigenvalue weighted by atomic mass is 32.2. The number of anilines is 1. The maximum atomic E-state index is 12.0. The Bertz CT molecular complexity index is 1070. The van der Waals surface area contributed by atoms with E-state index in [2.05, 4.69) is 26.0 Å². The van der Waals surface area contributed by atoms with E-state index < -0.39 is 0 Å². The molecule has 0 fully saturated rings. The van der Waals surface area contributed by atoms with Crippen molar-refractivity contribution in [1.82, 2.24) is 25.4 Å². The first-order valence-electron chi connectivity index (χ1n) is 7.82. The molecule has 0 saturated heterocycles. The lowest BCUT2D eigenvalue weighted by molar-refractivity contribution is -0.113. The van der Waals surface area contributed by atoms with Crippen molar-refractivity contribution in [2.24, 2.45) is 0 Å². The lowest BCUT2D eigenvalue weighted by Crippen LogP contribution is -2.14. The molecule has 8 nitrogen and oxygen atoms in total. The van der Waals surface area contributed by atoms with Gasteiger partial charge in [-0.15, -0.1) is 5.10 Å². The molecule has 4 rings (SSSR count). The molecule has 0 aliphatic heterocycles. The third kappa shape index (κ3) is 3.42. The van der Waals surface area contributed by atoms with Crippen LogP contribution in [0.4, 0.5) is 5.82 Å². The highest BCUT2D eigenvalue weighted by Gasteiger charge is 2.13. The van der Waals surface area contributed by atoms with Crippen LogP contribution in [0, 0.1) is 6.92 Å². The summed E-state index contributed by atoms with van der Waals surface area (Å²) < 4.78 is 6.54. The predicted molar refractivity (Wildman–Crippen MR) is 97.3 cm³/mol. The summed E-state index contributed by atoms with van der Waals surface area (Å²) >= 11 is 1.24. The van der Waals surface area contributed by atoms with Gasteiger partial charge in [-0.3, -0.25) is 4.79 Å². The number of tetrazole rings is 1. The fourth-order valence-corrected chi connectivity index (χ4v) is 3.16. The highest BCUT2D eigenvalue weighted by molar-refractivity contribution is 7.99. The van der Waals surface area contributed by atoms with Gasteiger partial charge in [-0.05, 0) is 40.3 Å². The first-order chi connectivity index (χ1) is 12.7. The Hall–Kier alpha value is -3.20. The topological polar surface area (TPSA) is 98.7 Å². The Morgan fingerprint density at radius 1 is 1.19 bits per heavy atom. The summed E-state index contributed by atoms with van der Waals surface area (Å²) in [6, 6.07) is 15.7. The van der Waals surface area contributed by atoms with Crippen LogP contribution in [-0.2, 0) is 4.79 Å². The van der Waals surface area contributed by atoms with E-state index in [0.29, 0.717) is 16.7 Å². The number of carbonyl (C=O) groups excluding carboxylic acids is 1. The molecule has 9 heteroatoms. The number of amides is 1. The molecule has 0 saturated carbocycles. The smallest absolute Gasteiger partial charge is 0.236 e. The van der Waals surface area contributed by atoms with Crippen molar-refractivity contribution in [2.75, 3.05) is 11.1 Å². The van der Waals surface area contributed by atoms with Crippen molar-refractivity contribution in [1.29, 1.82) is 0 Å². The Balaban J connectivity index is 1.48. The second-order valence-electron chi connectivity index (χ2n) is 5.56. The average molecular weight is 366 g/mol. The number of aryl methyl sites for hydroxylation is 1. The van der Waals surface area contributed by atoms with Crippen LogP contribution in [-0.4, -0.2) is 37.0 Å². The number of rotatable bonds is 5. The molecule has 0 spiro atoms. The van der Waals surface area contributed by atoms with Gasteiger partial charge in [-0.1, -0.05) is 47.3 Å². The molecule has 1 amide bonds. The fourth-order valence-electron chi connectivity index (χ4n) is 2.47. The zero-order chi connectivity index (χ0) is 17.9. The first kappa shape index (κ1) is 16.3. The van der Waals surface area contributed by atoms with Gasteiger partial charge in [0.1, 0.15) is 5.76 Å². The highest BCUT2D eigenvalue weighted by Crippen LogP contribution is 2.22. The quantitative estimate of drug-likeness (QED) is 0.542. The predicted octanol–water partition coefficient (Wildman–Crippen LogP) is 2.84. The van der Waals surface area contributed by atoms with Crippen LogP contribution in [0.2, 0.25) is 0 Å². The Labute approximate surface area is 152 Å². The van der Waals surface area contributed by atoms with Gasteiger partial charge in [0.2, 0.25) is 11.1 Å². The molecule has 0 radical (unpaired) electrons. The van der Waals surface area contributed by atoms with Crippen LogP contribution in [0.5, 0.6) is 0 Å². The first-order valence-corrected chi connectivity index (χ1v) is 8.81. The van der Waals surface area contributed by atoms with E-state index in [1.165, 1.54) is 11.8 Å². The van der Waals surface area contributed by atoms with Crippen molar-refractivity contribution in [3.05, 3.63) is 54.3 Å². The Morgan fingerprint density at radius 2 is 2.04 bits per heavy atom. The minimum Gasteiger partial charge on any atom is -0.360 e. The summed E-state index contributed by atoms with van der Waals surface area (Å²) in [6.07, 6.45) is 0. The van der Waals surface area contributed by atoms with Crippen molar-refractivity contribution in [3.8, 4) is 5.69 Å². The SMILES string of the molecule is Cc1cc(NC(=O)CSc2nnnn2-c2ccc3ccccc3c2)no1. The normalized spacial score (nSPS) is 11.0. The second kappa shape index (κ2) is 6.96. The summed E-state index contributed by atoms with van der Waals surface area (Å²) in [7, 11) is 0. The van der Waals surface area contributed by atoms with Crippen LogP contribution in [0.25, 0.3) is 16.5 Å². The van der Waals surface area contributed by atoms with Gasteiger partial charge in [0, 0.05) is 6.07 Å². The second-order valence-corrected chi connectivity index (χ2v) is 6.51. The molecular weight excluding hydrogens is 352 g/mol. The van der Waals surface area contributed by atoms with Gasteiger partial charge in [0.15, 0.2) is 5.82 Å². The fraction of sp³-hybridized carbons (Fsp3) is 0.118. The molecule has 2 aromatic heterocycles. The van der Waals surface area contributed by atoms with Gasteiger partial charge < -0.3 is 9.84 Å². The van der Waals surface area contributed by atoms with E-state index in [1.54, 1.807) is 17.7 Å². The lowest BCUT2D eigenvalue weighted by Gasteiger charge is -2.06. The maximum Gasteiger partial charge on any atom is 0.236 e. The van der Waals surface area contributed by atoms with Gasteiger partial charge in [0.25, 0.3) is 0 Å². The number of hydrogen-bond donors (Lipinski definition) is 1. The molecule has 2 aromatic carbocycles. The molecule has 0 bridgehead atoms. The van der Waals surface area contributed by atoms with E-state index in [9.17, 15) is 4.79 Å². The number of thioether (sulfide) groups is 1. The van der Waals surface area contributed by atoms with E-state index in [-0.39, 0.29) is 11.7 Å². The van der Waals surface area contributed by atoms with Crippen LogP contribution >= 0.6 is 11.8 Å². The van der Waals surface area contributed by atoms with E-state index in [4.69, 9.17) is 4.52 Å². The zero-order valence-corrected chi connectivity index (χ0v) is 14.6. The molecule has 4 aromatic rings. The molecule has 130 valence electrons. The maximum absolute atomic E-state index is 12.0. The van der Waals surface area contributed by atoms with E-state index in [0.717, 1.165) is 16.5 Å². The van der Waals surface area contributed by atoms with Crippen LogP contribution in [0.15, 0.2) is 58.2 Å². The molecule has 0 aliphatic rings. The lowest BCUT2D eigenvalue weighted by atomic mass is 10.1. The van der Waals surface area contributed by atoms with Crippen LogP contribution in [0.1, 0.15) is 5.76 Å². The minimum absolute atomic E-state index is 0.153. The monoisotopic (exact) mass is 366 g/mol. The number of hydrogen-bond acceptors (Lipinski definition) is 7. The Morgan fingerprint density at radius 3 is 2.85 bits per heavy atom. The summed E-state index contributed by atoms with van der Waals surface area (Å²) in [4.78, 5) is 12.0. The number of benzene rings is 2. The van der Waals surface area contributed by atoms with Gasteiger partial charge >= 0.3 is 0 Å². The number of nitrogens with one attached hydrogen (secondary N) is 1. The van der Waals surface area contributed by atoms with Crippen molar-refractivity contribution in [3.63, 3.8) is 0 Å². The van der Waals surface area contributed by atoms with Gasteiger partial charge in [-0.2, -0.15) is 4.68 Å². The third-order valence-electron chi connectivity index (χ3n) is 3.65. The van der Waals surface area contributed by atoms with Crippen molar-refractivity contribution >= 4 is 34.3 Å². The summed E-state index contributed by atoms with van der Waals surface area (Å²) in [6.45, 7) is 1.76. The molecular formula is C17H14N6O2S. The molecule has 0 aliphatic carbocycles. The van der Waals surface area contributed by atoms with Gasteiger partial charge in [0.05, 0.1) is 11.4 Å². The zero-order valence-electron chi connectivity index (χ0n) is 13.8. The van der Waals surface area contributed by atoms with Gasteiger partial charge in [-0.25, -0.2) is 0 Å². The van der Waals surface area contributed by atoms with E-state index in [1.807, 2.05) is 42.5 Å². The average Bonchev–Trinajstić information content (AvgIpc) is 3.28. The number of aromatic nitrogens is 5. The molecule has 2 heterocycles. The molecule has 26 heavy (non-hydrogen) atoms. The Kier molecular flexibility index (Phi) is 4.36. The minimum atomic E-state index is -0.212. The van der Waals surface area contributed by atoms with Crippen LogP contribution < -0.4 is 5.32 Å². The number of carbonyl (C=O) groups is 1. The number of nitrogens with zero attached hydrogens (tertiary/aromatic N) is 5. The number of fused-ring (bicyclic) bond motifs is 1. The summed E-state index contributed by atoms with van der Waals surface area (Å²) in [5.74, 6) is 0.964. The molecule has 1 N–H and O–H groups in total. The van der Waals surface area contributed by atoms with Crippen molar-refractivity contribution < 1.29 is 9.32 Å². The molecule has 0 unspecified atom stereocenters. The standard InChI is InChI=1S/C17H14N6O2S/c1-11-8-15(20-25-11)18-16(24)10-26-17-19-21-22-23(17)14-7-6-12-4-2-3-5-13(12)9-14/h2-9H,10H2,1H3,(H,18,20,24). The van der Waals surface area contributed by atoms with Crippen molar-refractivity contribution in [2.45, 2.75) is 12.1 Å². The summed E-state index contributed by atoms with van der Waals surface area (Å²) in [5, 5.41) is 20.9. The van der Waals surface area contributed by atoms with Crippen LogP contribution in [0.3, 0.4) is 0 Å². The summed E-state index contributed by atoms with van der Waals surface area (Å²) in [5.41, 5.74) is 0.837. The largest absolute Gasteiger partial charge is 0.360 e. The van der Waals surface area contributed by atoms with E-state index >= 15 is 0 Å².